The lowest BCUT2D eigenvalue weighted by molar-refractivity contribution is -0.146. The molecule has 1 atom stereocenters. The minimum Gasteiger partial charge on any atom is -0.361 e. The van der Waals surface area contributed by atoms with Crippen LogP contribution in [-0.2, 0) is 4.79 Å². The van der Waals surface area contributed by atoms with Gasteiger partial charge in [-0.05, 0) is 44.9 Å². The highest BCUT2D eigenvalue weighted by Crippen LogP contribution is 2.41. The van der Waals surface area contributed by atoms with Crippen LogP contribution in [0, 0.1) is 18.3 Å². The second-order valence-electron chi connectivity index (χ2n) is 8.44. The Balaban J connectivity index is 1.42. The summed E-state index contributed by atoms with van der Waals surface area (Å²) in [5, 5.41) is 3.84. The molecule has 2 aliphatic heterocycles. The average Bonchev–Trinajstić information content (AvgIpc) is 3.27. The first kappa shape index (κ1) is 17.6. The average molecular weight is 359 g/mol. The Labute approximate surface area is 154 Å². The van der Waals surface area contributed by atoms with E-state index in [4.69, 9.17) is 4.52 Å². The first-order valence-corrected chi connectivity index (χ1v) is 10.1. The predicted molar refractivity (Wildman–Crippen MR) is 96.6 cm³/mol. The minimum absolute atomic E-state index is 0.115. The highest BCUT2D eigenvalue weighted by atomic mass is 16.5. The quantitative estimate of drug-likeness (QED) is 0.832. The van der Waals surface area contributed by atoms with Crippen molar-refractivity contribution in [2.75, 3.05) is 26.2 Å². The van der Waals surface area contributed by atoms with Crippen molar-refractivity contribution in [1.82, 2.24) is 15.0 Å². The summed E-state index contributed by atoms with van der Waals surface area (Å²) in [5.41, 5.74) is -0.0247. The molecule has 3 aliphatic rings. The van der Waals surface area contributed by atoms with Crippen molar-refractivity contribution in [3.8, 4) is 0 Å². The summed E-state index contributed by atoms with van der Waals surface area (Å²) in [5.74, 6) is 1.46. The molecule has 1 aromatic rings. The van der Waals surface area contributed by atoms with Gasteiger partial charge in [-0.15, -0.1) is 0 Å². The summed E-state index contributed by atoms with van der Waals surface area (Å²) >= 11 is 0. The number of aromatic nitrogens is 1. The van der Waals surface area contributed by atoms with E-state index in [0.29, 0.717) is 30.5 Å². The van der Waals surface area contributed by atoms with E-state index in [1.165, 1.54) is 32.1 Å². The molecule has 26 heavy (non-hydrogen) atoms. The monoisotopic (exact) mass is 359 g/mol. The molecule has 3 fully saturated rings. The predicted octanol–water partition coefficient (Wildman–Crippen LogP) is 3.02. The van der Waals surface area contributed by atoms with Crippen molar-refractivity contribution in [1.29, 1.82) is 0 Å². The maximum atomic E-state index is 13.3. The van der Waals surface area contributed by atoms with Gasteiger partial charge in [-0.25, -0.2) is 0 Å². The summed E-state index contributed by atoms with van der Waals surface area (Å²) < 4.78 is 5.03. The zero-order valence-electron chi connectivity index (χ0n) is 15.7. The molecule has 1 aliphatic carbocycles. The van der Waals surface area contributed by atoms with Crippen LogP contribution in [0.4, 0.5) is 0 Å². The molecule has 0 N–H and O–H groups in total. The van der Waals surface area contributed by atoms with Crippen molar-refractivity contribution in [2.45, 2.75) is 58.3 Å². The molecule has 6 heteroatoms. The van der Waals surface area contributed by atoms with Crippen molar-refractivity contribution in [2.24, 2.45) is 11.3 Å². The molecule has 0 aromatic carbocycles. The van der Waals surface area contributed by atoms with Gasteiger partial charge in [0.15, 0.2) is 5.69 Å². The van der Waals surface area contributed by atoms with E-state index in [9.17, 15) is 9.59 Å². The van der Waals surface area contributed by atoms with Crippen LogP contribution in [0.25, 0.3) is 0 Å². The van der Waals surface area contributed by atoms with Crippen LogP contribution in [0.5, 0.6) is 0 Å². The number of amides is 2. The van der Waals surface area contributed by atoms with Crippen LogP contribution in [0.2, 0.25) is 0 Å². The number of aryl methyl sites for hydroxylation is 1. The second kappa shape index (κ2) is 7.05. The number of carbonyl (C=O) groups excluding carboxylic acids is 2. The second-order valence-corrected chi connectivity index (χ2v) is 8.44. The third-order valence-electron chi connectivity index (χ3n) is 6.52. The molecule has 2 saturated heterocycles. The number of hydrogen-bond acceptors (Lipinski definition) is 4. The van der Waals surface area contributed by atoms with Gasteiger partial charge in [0.2, 0.25) is 5.91 Å². The van der Waals surface area contributed by atoms with Gasteiger partial charge in [0, 0.05) is 32.2 Å². The standard InChI is InChI=1S/C20H29N3O3/c1-15-12-17(21-26-15)18(24)23-11-9-20(14-23)8-5-10-22(19(20)25)13-16-6-3-2-4-7-16/h12,16H,2-11,13-14H2,1H3/t20-/m1/s1. The molecule has 0 bridgehead atoms. The van der Waals surface area contributed by atoms with Gasteiger partial charge >= 0.3 is 0 Å². The van der Waals surface area contributed by atoms with Crippen molar-refractivity contribution < 1.29 is 14.1 Å². The van der Waals surface area contributed by atoms with Gasteiger partial charge in [0.25, 0.3) is 5.91 Å². The van der Waals surface area contributed by atoms with Crippen molar-refractivity contribution >= 4 is 11.8 Å². The van der Waals surface area contributed by atoms with E-state index in [1.54, 1.807) is 17.9 Å². The van der Waals surface area contributed by atoms with Gasteiger partial charge in [-0.2, -0.15) is 0 Å². The normalized spacial score (nSPS) is 27.5. The summed E-state index contributed by atoms with van der Waals surface area (Å²) in [6.07, 6.45) is 9.18. The SMILES string of the molecule is Cc1cc(C(=O)N2CC[C@]3(CCCN(CC4CCCCC4)C3=O)C2)no1. The van der Waals surface area contributed by atoms with E-state index < -0.39 is 0 Å². The third-order valence-corrected chi connectivity index (χ3v) is 6.52. The minimum atomic E-state index is -0.374. The lowest BCUT2D eigenvalue weighted by Crippen LogP contribution is -2.51. The number of likely N-dealkylation sites (tertiary alicyclic amines) is 2. The van der Waals surface area contributed by atoms with E-state index >= 15 is 0 Å². The Bertz CT molecular complexity index is 680. The largest absolute Gasteiger partial charge is 0.361 e. The Kier molecular flexibility index (Phi) is 4.76. The van der Waals surface area contributed by atoms with Crippen LogP contribution >= 0.6 is 0 Å². The fourth-order valence-electron chi connectivity index (χ4n) is 5.06. The fraction of sp³-hybridized carbons (Fsp3) is 0.750. The van der Waals surface area contributed by atoms with Gasteiger partial charge in [-0.1, -0.05) is 24.4 Å². The molecule has 1 spiro atoms. The highest BCUT2D eigenvalue weighted by molar-refractivity contribution is 5.93. The van der Waals surface area contributed by atoms with Gasteiger partial charge in [-0.3, -0.25) is 9.59 Å². The first-order chi connectivity index (χ1) is 12.6. The van der Waals surface area contributed by atoms with Gasteiger partial charge < -0.3 is 14.3 Å². The molecule has 0 radical (unpaired) electrons. The first-order valence-electron chi connectivity index (χ1n) is 10.1. The molecule has 1 saturated carbocycles. The highest BCUT2D eigenvalue weighted by Gasteiger charge is 2.49. The van der Waals surface area contributed by atoms with Crippen molar-refractivity contribution in [3.05, 3.63) is 17.5 Å². The van der Waals surface area contributed by atoms with Crippen LogP contribution in [-0.4, -0.2) is 52.9 Å². The molecule has 2 amide bonds. The molecule has 0 unspecified atom stereocenters. The molecule has 1 aromatic heterocycles. The Morgan fingerprint density at radius 1 is 1.23 bits per heavy atom. The summed E-state index contributed by atoms with van der Waals surface area (Å²) in [7, 11) is 0. The Morgan fingerprint density at radius 3 is 2.77 bits per heavy atom. The Hall–Kier alpha value is -1.85. The maximum absolute atomic E-state index is 13.3. The molecule has 6 nitrogen and oxygen atoms in total. The van der Waals surface area contributed by atoms with Crippen LogP contribution in [0.1, 0.15) is 67.6 Å². The van der Waals surface area contributed by atoms with Crippen LogP contribution in [0.3, 0.4) is 0 Å². The number of carbonyl (C=O) groups is 2. The number of rotatable bonds is 3. The summed E-state index contributed by atoms with van der Waals surface area (Å²) in [6, 6.07) is 1.67. The lowest BCUT2D eigenvalue weighted by Gasteiger charge is -2.41. The molecular weight excluding hydrogens is 330 g/mol. The topological polar surface area (TPSA) is 66.7 Å². The van der Waals surface area contributed by atoms with Crippen LogP contribution in [0.15, 0.2) is 10.6 Å². The maximum Gasteiger partial charge on any atom is 0.276 e. The Morgan fingerprint density at radius 2 is 2.04 bits per heavy atom. The van der Waals surface area contributed by atoms with E-state index in [0.717, 1.165) is 32.4 Å². The molecule has 3 heterocycles. The zero-order chi connectivity index (χ0) is 18.1. The van der Waals surface area contributed by atoms with E-state index in [-0.39, 0.29) is 17.2 Å². The lowest BCUT2D eigenvalue weighted by atomic mass is 9.77. The van der Waals surface area contributed by atoms with Gasteiger partial charge in [0.05, 0.1) is 5.41 Å². The van der Waals surface area contributed by atoms with E-state index in [1.807, 2.05) is 0 Å². The van der Waals surface area contributed by atoms with Gasteiger partial charge in [0.1, 0.15) is 5.76 Å². The summed E-state index contributed by atoms with van der Waals surface area (Å²) in [6.45, 7) is 4.74. The van der Waals surface area contributed by atoms with Crippen molar-refractivity contribution in [3.63, 3.8) is 0 Å². The number of nitrogens with zero attached hydrogens (tertiary/aromatic N) is 3. The number of piperidine rings is 1. The number of hydrogen-bond donors (Lipinski definition) is 0. The molecular formula is C20H29N3O3. The van der Waals surface area contributed by atoms with Crippen LogP contribution < -0.4 is 0 Å². The fourth-order valence-corrected chi connectivity index (χ4v) is 5.06. The summed E-state index contributed by atoms with van der Waals surface area (Å²) in [4.78, 5) is 29.9. The third kappa shape index (κ3) is 3.26. The van der Waals surface area contributed by atoms with E-state index in [2.05, 4.69) is 10.1 Å². The molecule has 4 rings (SSSR count). The smallest absolute Gasteiger partial charge is 0.276 e. The molecule has 142 valence electrons. The zero-order valence-corrected chi connectivity index (χ0v) is 15.7.